The molecule has 4 N–H and O–H groups in total. The van der Waals surface area contributed by atoms with Crippen LogP contribution >= 0.6 is 0 Å². The fourth-order valence-corrected chi connectivity index (χ4v) is 2.58. The van der Waals surface area contributed by atoms with Crippen molar-refractivity contribution in [3.05, 3.63) is 36.0 Å². The number of hydrazine groups is 1. The zero-order valence-electron chi connectivity index (χ0n) is 14.1. The summed E-state index contributed by atoms with van der Waals surface area (Å²) in [7, 11) is -2.20. The lowest BCUT2D eigenvalue weighted by molar-refractivity contribution is 0.529. The number of nitrogens with zero attached hydrogens (tertiary/aromatic N) is 3. The number of hydrogen-bond donors (Lipinski definition) is 4. The Balaban J connectivity index is 1.70. The maximum atomic E-state index is 10.7. The van der Waals surface area contributed by atoms with Crippen LogP contribution in [0.4, 0.5) is 23.1 Å². The van der Waals surface area contributed by atoms with E-state index in [9.17, 15) is 4.21 Å². The molecule has 2 aromatic rings. The Bertz CT molecular complexity index is 814. The van der Waals surface area contributed by atoms with Crippen molar-refractivity contribution in [3.8, 4) is 0 Å². The predicted molar refractivity (Wildman–Crippen MR) is 99.2 cm³/mol. The van der Waals surface area contributed by atoms with E-state index in [0.29, 0.717) is 23.4 Å². The van der Waals surface area contributed by atoms with Crippen molar-refractivity contribution < 1.29 is 8.76 Å². The lowest BCUT2D eigenvalue weighted by Gasteiger charge is -2.14. The van der Waals surface area contributed by atoms with E-state index < -0.39 is 10.9 Å². The average molecular weight is 361 g/mol. The second-order valence-electron chi connectivity index (χ2n) is 6.19. The van der Waals surface area contributed by atoms with E-state index in [2.05, 4.69) is 30.5 Å². The third kappa shape index (κ3) is 5.30. The van der Waals surface area contributed by atoms with Gasteiger partial charge in [0, 0.05) is 23.7 Å². The molecule has 1 heterocycles. The van der Waals surface area contributed by atoms with Crippen LogP contribution in [0, 0.1) is 0 Å². The van der Waals surface area contributed by atoms with Gasteiger partial charge in [0.25, 0.3) is 0 Å². The molecule has 0 aliphatic heterocycles. The minimum absolute atomic E-state index is 0.253. The van der Waals surface area contributed by atoms with Gasteiger partial charge in [-0.3, -0.25) is 10.9 Å². The van der Waals surface area contributed by atoms with Crippen molar-refractivity contribution in [2.45, 2.75) is 38.6 Å². The molecule has 1 aliphatic carbocycles. The molecule has 0 atom stereocenters. The smallest absolute Gasteiger partial charge is 0.225 e. The largest absolute Gasteiger partial charge is 0.454 e. The first-order valence-corrected chi connectivity index (χ1v) is 9.16. The Morgan fingerprint density at radius 2 is 1.92 bits per heavy atom. The van der Waals surface area contributed by atoms with Crippen molar-refractivity contribution in [1.29, 1.82) is 0 Å². The van der Waals surface area contributed by atoms with E-state index in [0.717, 1.165) is 11.4 Å². The molecule has 1 aromatic carbocycles. The maximum Gasteiger partial charge on any atom is 0.225 e. The van der Waals surface area contributed by atoms with Crippen molar-refractivity contribution in [3.63, 3.8) is 0 Å². The zero-order chi connectivity index (χ0) is 17.8. The Morgan fingerprint density at radius 1 is 1.20 bits per heavy atom. The number of nitrogens with one attached hydrogen (secondary N) is 3. The van der Waals surface area contributed by atoms with Gasteiger partial charge in [-0.1, -0.05) is 10.9 Å². The summed E-state index contributed by atoms with van der Waals surface area (Å²) in [5.74, 6) is 1.82. The molecule has 1 saturated carbocycles. The molecule has 0 amide bonds. The molecular formula is C16H21N6O2S-. The first-order chi connectivity index (χ1) is 12.0. The van der Waals surface area contributed by atoms with Crippen molar-refractivity contribution in [1.82, 2.24) is 9.97 Å². The summed E-state index contributed by atoms with van der Waals surface area (Å²) in [5, 5.41) is 3.24. The van der Waals surface area contributed by atoms with E-state index in [1.807, 2.05) is 19.9 Å². The summed E-state index contributed by atoms with van der Waals surface area (Å²) >= 11 is 0. The first kappa shape index (κ1) is 17.4. The minimum Gasteiger partial charge on any atom is -0.454 e. The molecular weight excluding hydrogens is 340 g/mol. The fourth-order valence-electron chi connectivity index (χ4n) is 2.27. The van der Waals surface area contributed by atoms with Crippen LogP contribution in [-0.2, 0) is 15.1 Å². The molecule has 8 nitrogen and oxygen atoms in total. The van der Waals surface area contributed by atoms with Crippen LogP contribution in [0.2, 0.25) is 0 Å². The van der Waals surface area contributed by atoms with E-state index in [4.69, 9.17) is 4.55 Å². The van der Waals surface area contributed by atoms with Gasteiger partial charge < -0.3 is 18.4 Å². The van der Waals surface area contributed by atoms with Gasteiger partial charge in [-0.15, -0.1) is 0 Å². The van der Waals surface area contributed by atoms with Gasteiger partial charge in [0.15, 0.2) is 0 Å². The van der Waals surface area contributed by atoms with E-state index in [1.54, 1.807) is 24.3 Å². The molecule has 1 aliphatic rings. The lowest BCUT2D eigenvalue weighted by Crippen LogP contribution is -2.16. The van der Waals surface area contributed by atoms with E-state index >= 15 is 0 Å². The van der Waals surface area contributed by atoms with Crippen LogP contribution in [-0.4, -0.2) is 20.6 Å². The Hall–Kier alpha value is -2.39. The second kappa shape index (κ2) is 7.66. The highest BCUT2D eigenvalue weighted by Crippen LogP contribution is 2.39. The topological polar surface area (TPSA) is 112 Å². The number of anilines is 3. The SMILES string of the molecule is CC(C)Nc1nc(NNc2ccc(N=[S-](=O)O)cc2)cc(C2CC2)n1. The average Bonchev–Trinajstić information content (AvgIpc) is 3.38. The molecule has 25 heavy (non-hydrogen) atoms. The van der Waals surface area contributed by atoms with Gasteiger partial charge in [0.05, 0.1) is 11.4 Å². The summed E-state index contributed by atoms with van der Waals surface area (Å²) in [6, 6.07) is 9.03. The number of aromatic nitrogens is 2. The molecule has 1 aromatic heterocycles. The maximum absolute atomic E-state index is 10.7. The summed E-state index contributed by atoms with van der Waals surface area (Å²) in [6.07, 6.45) is 2.34. The van der Waals surface area contributed by atoms with Gasteiger partial charge in [0.1, 0.15) is 5.82 Å². The van der Waals surface area contributed by atoms with Crippen LogP contribution < -0.4 is 16.2 Å². The highest BCUT2D eigenvalue weighted by atomic mass is 32.2. The molecule has 0 bridgehead atoms. The molecule has 0 spiro atoms. The molecule has 0 saturated heterocycles. The normalized spacial score (nSPS) is 15.2. The van der Waals surface area contributed by atoms with Crippen LogP contribution in [0.5, 0.6) is 0 Å². The summed E-state index contributed by atoms with van der Waals surface area (Å²) in [5.41, 5.74) is 8.40. The number of hydrogen-bond acceptors (Lipinski definition) is 8. The summed E-state index contributed by atoms with van der Waals surface area (Å²) in [4.78, 5) is 9.04. The molecule has 9 heteroatoms. The second-order valence-corrected chi connectivity index (χ2v) is 6.84. The van der Waals surface area contributed by atoms with E-state index in [1.165, 1.54) is 12.8 Å². The van der Waals surface area contributed by atoms with Crippen molar-refractivity contribution in [2.24, 2.45) is 4.36 Å². The molecule has 0 radical (unpaired) electrons. The van der Waals surface area contributed by atoms with Crippen LogP contribution in [0.15, 0.2) is 34.7 Å². The Kier molecular flexibility index (Phi) is 5.34. The van der Waals surface area contributed by atoms with Gasteiger partial charge in [-0.25, -0.2) is 4.98 Å². The third-order valence-corrected chi connectivity index (χ3v) is 3.91. The van der Waals surface area contributed by atoms with Crippen molar-refractivity contribution in [2.75, 3.05) is 16.2 Å². The van der Waals surface area contributed by atoms with Gasteiger partial charge in [0.2, 0.25) is 5.95 Å². The molecule has 1 fully saturated rings. The predicted octanol–water partition coefficient (Wildman–Crippen LogP) is 3.87. The zero-order valence-corrected chi connectivity index (χ0v) is 14.9. The highest BCUT2D eigenvalue weighted by Gasteiger charge is 2.26. The van der Waals surface area contributed by atoms with Gasteiger partial charge in [-0.2, -0.15) is 4.98 Å². The van der Waals surface area contributed by atoms with Crippen molar-refractivity contribution >= 4 is 34.0 Å². The molecule has 3 rings (SSSR count). The first-order valence-electron chi connectivity index (χ1n) is 8.10. The van der Waals surface area contributed by atoms with Crippen LogP contribution in [0.1, 0.15) is 38.3 Å². The summed E-state index contributed by atoms with van der Waals surface area (Å²) in [6.45, 7) is 4.09. The van der Waals surface area contributed by atoms with E-state index in [-0.39, 0.29) is 6.04 Å². The number of rotatable bonds is 7. The van der Waals surface area contributed by atoms with Gasteiger partial charge in [-0.05, 0) is 51.0 Å². The molecule has 0 unspecified atom stereocenters. The Labute approximate surface area is 148 Å². The molecule has 134 valence electrons. The minimum atomic E-state index is -2.20. The van der Waals surface area contributed by atoms with Gasteiger partial charge >= 0.3 is 0 Å². The standard InChI is InChI=1S/C16H21N6O2S/c1-10(2)17-16-18-14(11-3-4-11)9-15(19-16)21-20-12-5-7-13(8-6-12)22-25(23)24/h5-11,20H,3-4H2,1-2H3,(H,22,23,24)(H2,17,18,19,21)/q-1. The van der Waals surface area contributed by atoms with Crippen LogP contribution in [0.25, 0.3) is 0 Å². The Morgan fingerprint density at radius 3 is 2.52 bits per heavy atom. The summed E-state index contributed by atoms with van der Waals surface area (Å²) < 4.78 is 23.0. The number of benzene rings is 1. The van der Waals surface area contributed by atoms with Crippen LogP contribution in [0.3, 0.4) is 0 Å². The fraction of sp³-hybridized carbons (Fsp3) is 0.375. The third-order valence-electron chi connectivity index (χ3n) is 3.55. The lowest BCUT2D eigenvalue weighted by atomic mass is 10.3. The highest BCUT2D eigenvalue weighted by molar-refractivity contribution is 7.68. The monoisotopic (exact) mass is 361 g/mol. The quantitative estimate of drug-likeness (QED) is 0.336.